The summed E-state index contributed by atoms with van der Waals surface area (Å²) in [4.78, 5) is 6.56. The third-order valence-electron chi connectivity index (χ3n) is 4.07. The molecular weight excluding hydrogens is 344 g/mol. The first-order valence-electron chi connectivity index (χ1n) is 8.61. The van der Waals surface area contributed by atoms with E-state index in [1.807, 2.05) is 65.0 Å². The number of ether oxygens (including phenoxy) is 1. The SMILES string of the molecule is CCN(C)/C=N\c1cc(C)c(Oc2snc(C(C)(C)C)c2C#N)cc1C. The van der Waals surface area contributed by atoms with Gasteiger partial charge in [-0.05, 0) is 44.0 Å². The highest BCUT2D eigenvalue weighted by atomic mass is 32.1. The van der Waals surface area contributed by atoms with E-state index in [-0.39, 0.29) is 5.41 Å². The maximum atomic E-state index is 9.56. The van der Waals surface area contributed by atoms with Crippen molar-refractivity contribution in [2.75, 3.05) is 13.6 Å². The van der Waals surface area contributed by atoms with Gasteiger partial charge < -0.3 is 9.64 Å². The third-order valence-corrected chi connectivity index (χ3v) is 4.80. The van der Waals surface area contributed by atoms with Crippen LogP contribution in [0.25, 0.3) is 0 Å². The maximum Gasteiger partial charge on any atom is 0.218 e. The average Bonchev–Trinajstić information content (AvgIpc) is 2.99. The lowest BCUT2D eigenvalue weighted by Gasteiger charge is -2.15. The zero-order valence-electron chi connectivity index (χ0n) is 16.5. The molecule has 1 heterocycles. The summed E-state index contributed by atoms with van der Waals surface area (Å²) in [5.74, 6) is 0.728. The number of aromatic nitrogens is 1. The molecule has 0 atom stereocenters. The van der Waals surface area contributed by atoms with E-state index in [0.717, 1.165) is 34.8 Å². The van der Waals surface area contributed by atoms with Crippen LogP contribution in [0.3, 0.4) is 0 Å². The van der Waals surface area contributed by atoms with Gasteiger partial charge in [0.1, 0.15) is 17.4 Å². The van der Waals surface area contributed by atoms with E-state index >= 15 is 0 Å². The minimum absolute atomic E-state index is 0.196. The van der Waals surface area contributed by atoms with Crippen LogP contribution in [0.15, 0.2) is 17.1 Å². The van der Waals surface area contributed by atoms with Crippen molar-refractivity contribution < 1.29 is 4.74 Å². The molecule has 1 aromatic carbocycles. The van der Waals surface area contributed by atoms with Crippen molar-refractivity contribution in [2.45, 2.75) is 47.0 Å². The van der Waals surface area contributed by atoms with Crippen molar-refractivity contribution in [1.29, 1.82) is 5.26 Å². The molecule has 2 rings (SSSR count). The molecule has 0 aliphatic heterocycles. The van der Waals surface area contributed by atoms with Gasteiger partial charge in [0, 0.05) is 30.5 Å². The van der Waals surface area contributed by atoms with Crippen molar-refractivity contribution in [3.05, 3.63) is 34.5 Å². The second-order valence-electron chi connectivity index (χ2n) is 7.38. The molecule has 0 bridgehead atoms. The maximum absolute atomic E-state index is 9.56. The highest BCUT2D eigenvalue weighted by Gasteiger charge is 2.26. The molecule has 0 saturated heterocycles. The molecule has 5 nitrogen and oxygen atoms in total. The molecule has 26 heavy (non-hydrogen) atoms. The fraction of sp³-hybridized carbons (Fsp3) is 0.450. The van der Waals surface area contributed by atoms with Gasteiger partial charge in [-0.2, -0.15) is 9.64 Å². The Morgan fingerprint density at radius 3 is 2.58 bits per heavy atom. The number of hydrogen-bond acceptors (Lipinski definition) is 5. The molecule has 0 fully saturated rings. The minimum atomic E-state index is -0.196. The summed E-state index contributed by atoms with van der Waals surface area (Å²) >= 11 is 1.23. The van der Waals surface area contributed by atoms with Crippen molar-refractivity contribution in [2.24, 2.45) is 4.99 Å². The fourth-order valence-electron chi connectivity index (χ4n) is 2.32. The minimum Gasteiger partial charge on any atom is -0.443 e. The molecule has 0 spiro atoms. The number of aryl methyl sites for hydroxylation is 2. The number of nitriles is 1. The van der Waals surface area contributed by atoms with E-state index in [1.54, 1.807) is 0 Å². The Labute approximate surface area is 160 Å². The first-order chi connectivity index (χ1) is 12.2. The van der Waals surface area contributed by atoms with E-state index in [0.29, 0.717) is 10.6 Å². The van der Waals surface area contributed by atoms with Crippen molar-refractivity contribution >= 4 is 23.6 Å². The monoisotopic (exact) mass is 370 g/mol. The van der Waals surface area contributed by atoms with Gasteiger partial charge >= 0.3 is 0 Å². The molecule has 0 aliphatic rings. The van der Waals surface area contributed by atoms with Crippen LogP contribution < -0.4 is 4.74 Å². The molecule has 0 amide bonds. The summed E-state index contributed by atoms with van der Waals surface area (Å²) in [6.07, 6.45) is 1.83. The van der Waals surface area contributed by atoms with Crippen molar-refractivity contribution in [3.8, 4) is 16.9 Å². The topological polar surface area (TPSA) is 61.5 Å². The number of nitrogens with zero attached hydrogens (tertiary/aromatic N) is 4. The lowest BCUT2D eigenvalue weighted by Crippen LogP contribution is -2.14. The van der Waals surface area contributed by atoms with Crippen LogP contribution in [0.5, 0.6) is 10.8 Å². The van der Waals surface area contributed by atoms with Gasteiger partial charge in [0.2, 0.25) is 5.06 Å². The molecule has 138 valence electrons. The molecule has 0 saturated carbocycles. The summed E-state index contributed by atoms with van der Waals surface area (Å²) in [5.41, 5.74) is 4.00. The number of aliphatic imine (C=N–C) groups is 1. The Hall–Kier alpha value is -2.39. The van der Waals surface area contributed by atoms with E-state index in [4.69, 9.17) is 4.74 Å². The van der Waals surface area contributed by atoms with Gasteiger partial charge in [0.15, 0.2) is 0 Å². The van der Waals surface area contributed by atoms with E-state index in [1.165, 1.54) is 11.5 Å². The fourth-order valence-corrected chi connectivity index (χ4v) is 3.22. The highest BCUT2D eigenvalue weighted by molar-refractivity contribution is 7.08. The summed E-state index contributed by atoms with van der Waals surface area (Å²) < 4.78 is 10.5. The molecular formula is C20H26N4OS. The lowest BCUT2D eigenvalue weighted by molar-refractivity contribution is 0.487. The molecule has 0 aliphatic carbocycles. The summed E-state index contributed by atoms with van der Waals surface area (Å²) in [6.45, 7) is 13.1. The van der Waals surface area contributed by atoms with E-state index < -0.39 is 0 Å². The lowest BCUT2D eigenvalue weighted by atomic mass is 9.90. The first-order valence-corrected chi connectivity index (χ1v) is 9.38. The predicted molar refractivity (Wildman–Crippen MR) is 108 cm³/mol. The van der Waals surface area contributed by atoms with Crippen LogP contribution >= 0.6 is 11.5 Å². The van der Waals surface area contributed by atoms with Crippen molar-refractivity contribution in [1.82, 2.24) is 9.27 Å². The summed E-state index contributed by atoms with van der Waals surface area (Å²) in [5, 5.41) is 10.1. The molecule has 0 radical (unpaired) electrons. The van der Waals surface area contributed by atoms with Crippen LogP contribution in [-0.4, -0.2) is 29.2 Å². The van der Waals surface area contributed by atoms with Gasteiger partial charge in [0.25, 0.3) is 0 Å². The zero-order chi connectivity index (χ0) is 19.5. The largest absolute Gasteiger partial charge is 0.443 e. The van der Waals surface area contributed by atoms with E-state index in [2.05, 4.69) is 22.4 Å². The van der Waals surface area contributed by atoms with Crippen LogP contribution in [0.1, 0.15) is 50.1 Å². The Morgan fingerprint density at radius 2 is 2.00 bits per heavy atom. The van der Waals surface area contributed by atoms with Crippen molar-refractivity contribution in [3.63, 3.8) is 0 Å². The van der Waals surface area contributed by atoms with Gasteiger partial charge in [-0.25, -0.2) is 4.99 Å². The smallest absolute Gasteiger partial charge is 0.218 e. The Bertz CT molecular complexity index is 856. The molecule has 0 N–H and O–H groups in total. The normalized spacial score (nSPS) is 11.6. The zero-order valence-corrected chi connectivity index (χ0v) is 17.4. The second kappa shape index (κ2) is 7.88. The standard InChI is InChI=1S/C20H26N4OS/c1-8-24(7)12-22-16-9-14(3)17(10-13(16)2)25-19-15(11-21)18(23-26-19)20(4,5)6/h9-10,12H,8H2,1-7H3/b22-12-. The van der Waals surface area contributed by atoms with Crippen LogP contribution in [-0.2, 0) is 5.41 Å². The third kappa shape index (κ3) is 4.41. The van der Waals surface area contributed by atoms with Gasteiger partial charge in [-0.3, -0.25) is 0 Å². The summed E-state index contributed by atoms with van der Waals surface area (Å²) in [6, 6.07) is 6.22. The first kappa shape index (κ1) is 19.9. The predicted octanol–water partition coefficient (Wildman–Crippen LogP) is 5.33. The molecule has 6 heteroatoms. The quantitative estimate of drug-likeness (QED) is 0.527. The Morgan fingerprint density at radius 1 is 1.31 bits per heavy atom. The number of benzene rings is 1. The highest BCUT2D eigenvalue weighted by Crippen LogP contribution is 2.38. The van der Waals surface area contributed by atoms with Crippen LogP contribution in [0.2, 0.25) is 0 Å². The van der Waals surface area contributed by atoms with Crippen LogP contribution in [0.4, 0.5) is 5.69 Å². The Balaban J connectivity index is 2.35. The van der Waals surface area contributed by atoms with Gasteiger partial charge in [-0.15, -0.1) is 0 Å². The number of hydrogen-bond donors (Lipinski definition) is 0. The second-order valence-corrected chi connectivity index (χ2v) is 8.12. The van der Waals surface area contributed by atoms with Gasteiger partial charge in [-0.1, -0.05) is 20.8 Å². The summed E-state index contributed by atoms with van der Waals surface area (Å²) in [7, 11) is 1.99. The Kier molecular flexibility index (Phi) is 6.04. The molecule has 2 aromatic rings. The van der Waals surface area contributed by atoms with E-state index in [9.17, 15) is 5.26 Å². The average molecular weight is 371 g/mol. The molecule has 0 unspecified atom stereocenters. The van der Waals surface area contributed by atoms with Crippen LogP contribution in [0, 0.1) is 25.2 Å². The number of rotatable bonds is 5. The molecule has 1 aromatic heterocycles. The van der Waals surface area contributed by atoms with Gasteiger partial charge in [0.05, 0.1) is 17.7 Å².